The lowest BCUT2D eigenvalue weighted by molar-refractivity contribution is 0.340. The smallest absolute Gasteiger partial charge is 0.232 e. The first-order valence-electron chi connectivity index (χ1n) is 6.79. The van der Waals surface area contributed by atoms with E-state index in [1.54, 1.807) is 12.1 Å². The fraction of sp³-hybridized carbons (Fsp3) is 0.429. The van der Waals surface area contributed by atoms with Gasteiger partial charge >= 0.3 is 0 Å². The number of hydrogen-bond donors (Lipinski definition) is 1. The Balaban J connectivity index is 1.84. The number of thioether (sulfide) groups is 1. The normalized spacial score (nSPS) is 21.9. The Morgan fingerprint density at radius 1 is 1.48 bits per heavy atom. The minimum absolute atomic E-state index is 0.236. The topological polar surface area (TPSA) is 51.0 Å². The van der Waals surface area contributed by atoms with Crippen LogP contribution in [0.1, 0.15) is 18.7 Å². The maximum Gasteiger partial charge on any atom is 0.232 e. The van der Waals surface area contributed by atoms with Crippen LogP contribution < -0.4 is 5.32 Å². The average Bonchev–Trinajstić information content (AvgIpc) is 3.10. The maximum absolute atomic E-state index is 13.3. The van der Waals surface area contributed by atoms with Crippen molar-refractivity contribution in [2.75, 3.05) is 18.1 Å². The van der Waals surface area contributed by atoms with E-state index in [1.165, 1.54) is 6.07 Å². The van der Waals surface area contributed by atoms with Crippen LogP contribution in [0.2, 0.25) is 0 Å². The van der Waals surface area contributed by atoms with Gasteiger partial charge in [-0.1, -0.05) is 12.1 Å². The lowest BCUT2D eigenvalue weighted by Gasteiger charge is -2.15. The lowest BCUT2D eigenvalue weighted by atomic mass is 10.0. The number of nitrogens with zero attached hydrogens (tertiary/aromatic N) is 2. The molecule has 1 saturated heterocycles. The zero-order valence-electron chi connectivity index (χ0n) is 11.5. The quantitative estimate of drug-likeness (QED) is 0.891. The Labute approximate surface area is 135 Å². The van der Waals surface area contributed by atoms with Crippen LogP contribution in [0.15, 0.2) is 27.2 Å². The van der Waals surface area contributed by atoms with Crippen LogP contribution in [0.3, 0.4) is 0 Å². The van der Waals surface area contributed by atoms with Crippen LogP contribution in [-0.4, -0.2) is 34.2 Å². The summed E-state index contributed by atoms with van der Waals surface area (Å²) in [5, 5.41) is 7.48. The van der Waals surface area contributed by atoms with Crippen LogP contribution in [0.5, 0.6) is 0 Å². The van der Waals surface area contributed by atoms with Crippen molar-refractivity contribution in [3.05, 3.63) is 34.4 Å². The second-order valence-corrected chi connectivity index (χ2v) is 6.82. The number of nitrogens with one attached hydrogen (secondary N) is 1. The minimum atomic E-state index is -0.304. The largest absolute Gasteiger partial charge is 0.339 e. The van der Waals surface area contributed by atoms with Gasteiger partial charge in [-0.2, -0.15) is 16.7 Å². The van der Waals surface area contributed by atoms with E-state index in [-0.39, 0.29) is 11.7 Å². The molecule has 1 aliphatic heterocycles. The predicted molar refractivity (Wildman–Crippen MR) is 84.9 cm³/mol. The molecular formula is C14H15BrFN3OS. The fourth-order valence-corrected chi connectivity index (χ4v) is 4.15. The average molecular weight is 372 g/mol. The Morgan fingerprint density at radius 3 is 3.10 bits per heavy atom. The summed E-state index contributed by atoms with van der Waals surface area (Å²) in [4.78, 5) is 4.49. The van der Waals surface area contributed by atoms with Crippen molar-refractivity contribution in [1.82, 2.24) is 15.5 Å². The zero-order chi connectivity index (χ0) is 14.8. The highest BCUT2D eigenvalue weighted by Gasteiger charge is 2.33. The van der Waals surface area contributed by atoms with Gasteiger partial charge in [0.1, 0.15) is 5.82 Å². The summed E-state index contributed by atoms with van der Waals surface area (Å²) >= 11 is 5.06. The minimum Gasteiger partial charge on any atom is -0.339 e. The molecule has 2 unspecified atom stereocenters. The van der Waals surface area contributed by atoms with Crippen molar-refractivity contribution >= 4 is 27.7 Å². The molecule has 0 spiro atoms. The fourth-order valence-electron chi connectivity index (χ4n) is 2.40. The Morgan fingerprint density at radius 2 is 2.33 bits per heavy atom. The second kappa shape index (κ2) is 6.46. The van der Waals surface area contributed by atoms with Gasteiger partial charge in [0.15, 0.2) is 0 Å². The van der Waals surface area contributed by atoms with Crippen LogP contribution in [0.25, 0.3) is 11.4 Å². The second-order valence-electron chi connectivity index (χ2n) is 4.89. The molecule has 2 aromatic rings. The third kappa shape index (κ3) is 3.14. The molecule has 1 aromatic carbocycles. The summed E-state index contributed by atoms with van der Waals surface area (Å²) in [5.41, 5.74) is 0.740. The summed E-state index contributed by atoms with van der Waals surface area (Å²) in [6.07, 6.45) is 0. The maximum atomic E-state index is 13.3. The summed E-state index contributed by atoms with van der Waals surface area (Å²) < 4.78 is 19.1. The number of benzene rings is 1. The molecule has 1 aliphatic rings. The summed E-state index contributed by atoms with van der Waals surface area (Å²) in [6, 6.07) is 5.07. The van der Waals surface area contributed by atoms with Gasteiger partial charge < -0.3 is 9.84 Å². The van der Waals surface area contributed by atoms with Gasteiger partial charge in [0.2, 0.25) is 11.7 Å². The van der Waals surface area contributed by atoms with Crippen molar-refractivity contribution in [3.8, 4) is 11.4 Å². The summed E-state index contributed by atoms with van der Waals surface area (Å²) in [5.74, 6) is 3.12. The molecule has 0 bridgehead atoms. The third-order valence-corrected chi connectivity index (χ3v) is 5.28. The van der Waals surface area contributed by atoms with Gasteiger partial charge in [0.05, 0.1) is 10.4 Å². The predicted octanol–water partition coefficient (Wildman–Crippen LogP) is 3.45. The molecule has 1 fully saturated rings. The highest BCUT2D eigenvalue weighted by Crippen LogP contribution is 2.33. The number of aromatic nitrogens is 2. The first kappa shape index (κ1) is 15.0. The number of hydrogen-bond acceptors (Lipinski definition) is 5. The van der Waals surface area contributed by atoms with E-state index in [4.69, 9.17) is 4.52 Å². The van der Waals surface area contributed by atoms with Crippen LogP contribution in [0, 0.1) is 5.82 Å². The molecule has 1 aromatic heterocycles. The molecule has 3 rings (SSSR count). The molecule has 0 radical (unpaired) electrons. The Hall–Kier alpha value is -0.920. The third-order valence-electron chi connectivity index (χ3n) is 3.48. The van der Waals surface area contributed by atoms with Gasteiger partial charge in [0.25, 0.3) is 0 Å². The molecular weight excluding hydrogens is 357 g/mol. The van der Waals surface area contributed by atoms with Crippen molar-refractivity contribution < 1.29 is 8.91 Å². The molecule has 2 heterocycles. The van der Waals surface area contributed by atoms with E-state index < -0.39 is 0 Å². The van der Waals surface area contributed by atoms with E-state index >= 15 is 0 Å². The summed E-state index contributed by atoms with van der Waals surface area (Å²) in [7, 11) is 0. The van der Waals surface area contributed by atoms with Gasteiger partial charge in [-0.05, 0) is 40.7 Å². The first-order chi connectivity index (χ1) is 10.2. The van der Waals surface area contributed by atoms with Crippen molar-refractivity contribution in [1.29, 1.82) is 0 Å². The standard InChI is InChI=1S/C14H15BrFN3OS/c1-2-17-12-7-21-6-9(12)14-18-13(19-20-14)8-3-4-11(16)10(15)5-8/h3-5,9,12,17H,2,6-7H2,1H3. The van der Waals surface area contributed by atoms with Crippen molar-refractivity contribution in [2.24, 2.45) is 0 Å². The molecule has 21 heavy (non-hydrogen) atoms. The summed E-state index contributed by atoms with van der Waals surface area (Å²) in [6.45, 7) is 3.02. The molecule has 0 saturated carbocycles. The Kier molecular flexibility index (Phi) is 4.61. The molecule has 0 aliphatic carbocycles. The lowest BCUT2D eigenvalue weighted by Crippen LogP contribution is -2.34. The van der Waals surface area contributed by atoms with Crippen molar-refractivity contribution in [3.63, 3.8) is 0 Å². The van der Waals surface area contributed by atoms with Gasteiger partial charge in [-0.25, -0.2) is 4.39 Å². The van der Waals surface area contributed by atoms with Gasteiger partial charge in [-0.15, -0.1) is 0 Å². The number of likely N-dealkylation sites (N-methyl/N-ethyl adjacent to an activating group) is 1. The van der Waals surface area contributed by atoms with E-state index in [0.717, 1.165) is 23.6 Å². The van der Waals surface area contributed by atoms with E-state index in [2.05, 4.69) is 38.3 Å². The molecule has 2 atom stereocenters. The zero-order valence-corrected chi connectivity index (χ0v) is 13.9. The molecule has 4 nitrogen and oxygen atoms in total. The molecule has 1 N–H and O–H groups in total. The highest BCUT2D eigenvalue weighted by molar-refractivity contribution is 9.10. The molecule has 0 amide bonds. The van der Waals surface area contributed by atoms with Gasteiger partial charge in [0, 0.05) is 23.1 Å². The number of halogens is 2. The molecule has 7 heteroatoms. The van der Waals surface area contributed by atoms with Crippen LogP contribution in [0.4, 0.5) is 4.39 Å². The first-order valence-corrected chi connectivity index (χ1v) is 8.74. The van der Waals surface area contributed by atoms with Crippen molar-refractivity contribution in [2.45, 2.75) is 18.9 Å². The van der Waals surface area contributed by atoms with Gasteiger partial charge in [-0.3, -0.25) is 0 Å². The highest BCUT2D eigenvalue weighted by atomic mass is 79.9. The Bertz CT molecular complexity index is 636. The van der Waals surface area contributed by atoms with E-state index in [9.17, 15) is 4.39 Å². The van der Waals surface area contributed by atoms with E-state index in [1.807, 2.05) is 11.8 Å². The van der Waals surface area contributed by atoms with Crippen LogP contribution in [-0.2, 0) is 0 Å². The monoisotopic (exact) mass is 371 g/mol. The molecule has 112 valence electrons. The van der Waals surface area contributed by atoms with Crippen LogP contribution >= 0.6 is 27.7 Å². The SMILES string of the molecule is CCNC1CSCC1c1nc(-c2ccc(F)c(Br)c2)no1. The number of rotatable bonds is 4. The van der Waals surface area contributed by atoms with E-state index in [0.29, 0.717) is 22.2 Å².